The van der Waals surface area contributed by atoms with E-state index in [2.05, 4.69) is 53.4 Å². The van der Waals surface area contributed by atoms with Crippen molar-refractivity contribution in [1.29, 1.82) is 0 Å². The largest absolute Gasteiger partial charge is 0.295 e. The first-order valence-electron chi connectivity index (χ1n) is 8.50. The van der Waals surface area contributed by atoms with E-state index < -0.39 is 0 Å². The maximum Gasteiger partial charge on any atom is 0.0134 e. The Morgan fingerprint density at radius 2 is 1.47 bits per heavy atom. The minimum atomic E-state index is 0.336. The van der Waals surface area contributed by atoms with E-state index in [-0.39, 0.29) is 0 Å². The lowest BCUT2D eigenvalue weighted by Gasteiger charge is -2.55. The molecule has 0 N–H and O–H groups in total. The predicted octanol–water partition coefficient (Wildman–Crippen LogP) is 4.81. The summed E-state index contributed by atoms with van der Waals surface area (Å²) in [5, 5.41) is 0. The maximum absolute atomic E-state index is 2.86. The van der Waals surface area contributed by atoms with Gasteiger partial charge in [0.2, 0.25) is 0 Å². The third kappa shape index (κ3) is 2.86. The second kappa shape index (κ2) is 5.39. The highest BCUT2D eigenvalue weighted by molar-refractivity contribution is 5.01. The fraction of sp³-hybridized carbons (Fsp3) is 1.00. The molecule has 0 amide bonds. The van der Waals surface area contributed by atoms with Crippen molar-refractivity contribution in [3.05, 3.63) is 0 Å². The Hall–Kier alpha value is -0.0400. The van der Waals surface area contributed by atoms with Crippen LogP contribution in [0, 0.1) is 29.6 Å². The molecule has 1 aliphatic carbocycles. The minimum Gasteiger partial charge on any atom is -0.295 e. The van der Waals surface area contributed by atoms with E-state index >= 15 is 0 Å². The van der Waals surface area contributed by atoms with Gasteiger partial charge in [-0.05, 0) is 63.2 Å². The van der Waals surface area contributed by atoms with E-state index in [0.717, 1.165) is 35.6 Å². The van der Waals surface area contributed by atoms with Gasteiger partial charge in [-0.25, -0.2) is 0 Å². The molecule has 0 spiro atoms. The Morgan fingerprint density at radius 1 is 0.895 bits per heavy atom. The minimum absolute atomic E-state index is 0.336. The van der Waals surface area contributed by atoms with Crippen molar-refractivity contribution in [3.8, 4) is 0 Å². The fourth-order valence-corrected chi connectivity index (χ4v) is 5.16. The Kier molecular flexibility index (Phi) is 4.35. The summed E-state index contributed by atoms with van der Waals surface area (Å²) in [7, 11) is 0. The molecule has 19 heavy (non-hydrogen) atoms. The topological polar surface area (TPSA) is 3.24 Å². The lowest BCUT2D eigenvalue weighted by atomic mass is 9.64. The number of fused-ring (bicyclic) bond motifs is 4. The van der Waals surface area contributed by atoms with Crippen molar-refractivity contribution in [3.63, 3.8) is 0 Å². The van der Waals surface area contributed by atoms with Crippen molar-refractivity contribution in [2.45, 2.75) is 79.3 Å². The van der Waals surface area contributed by atoms with Gasteiger partial charge in [-0.15, -0.1) is 0 Å². The maximum atomic E-state index is 2.86. The van der Waals surface area contributed by atoms with Crippen LogP contribution in [0.1, 0.15) is 67.7 Å². The Balaban J connectivity index is 2.36. The van der Waals surface area contributed by atoms with Crippen molar-refractivity contribution >= 4 is 0 Å². The van der Waals surface area contributed by atoms with Crippen molar-refractivity contribution in [2.24, 2.45) is 29.6 Å². The molecule has 1 heteroatoms. The summed E-state index contributed by atoms with van der Waals surface area (Å²) in [6, 6.07) is 0.825. The average molecular weight is 265 g/mol. The van der Waals surface area contributed by atoms with E-state index in [0.29, 0.717) is 5.54 Å². The molecule has 3 fully saturated rings. The Morgan fingerprint density at radius 3 is 1.95 bits per heavy atom. The first-order chi connectivity index (χ1) is 8.73. The summed E-state index contributed by atoms with van der Waals surface area (Å²) in [6.07, 6.45) is 4.35. The SMILES string of the molecule is CC(C)C1C2CCCC(C1C(C)C)N(C(C)(C)C)C2. The van der Waals surface area contributed by atoms with Crippen LogP contribution in [0.4, 0.5) is 0 Å². The molecule has 1 saturated carbocycles. The zero-order valence-corrected chi connectivity index (χ0v) is 14.2. The van der Waals surface area contributed by atoms with E-state index in [1.54, 1.807) is 0 Å². The first kappa shape index (κ1) is 15.4. The smallest absolute Gasteiger partial charge is 0.0134 e. The quantitative estimate of drug-likeness (QED) is 0.692. The van der Waals surface area contributed by atoms with Gasteiger partial charge in [-0.1, -0.05) is 34.1 Å². The molecular weight excluding hydrogens is 230 g/mol. The lowest BCUT2D eigenvalue weighted by Crippen LogP contribution is -2.60. The molecule has 4 unspecified atom stereocenters. The van der Waals surface area contributed by atoms with Crippen molar-refractivity contribution in [1.82, 2.24) is 4.90 Å². The van der Waals surface area contributed by atoms with Crippen LogP contribution in [-0.4, -0.2) is 23.0 Å². The molecule has 3 rings (SSSR count). The van der Waals surface area contributed by atoms with E-state index in [4.69, 9.17) is 0 Å². The number of hydrogen-bond acceptors (Lipinski definition) is 1. The van der Waals surface area contributed by atoms with Gasteiger partial charge in [0.15, 0.2) is 0 Å². The Labute approximate surface area is 121 Å². The fourth-order valence-electron chi connectivity index (χ4n) is 5.16. The van der Waals surface area contributed by atoms with Gasteiger partial charge in [0.25, 0.3) is 0 Å². The summed E-state index contributed by atoms with van der Waals surface area (Å²) in [4.78, 5) is 2.86. The molecular formula is C18H35N. The molecule has 2 bridgehead atoms. The van der Waals surface area contributed by atoms with Gasteiger partial charge in [0.1, 0.15) is 0 Å². The molecule has 0 aromatic carbocycles. The van der Waals surface area contributed by atoms with Gasteiger partial charge in [0, 0.05) is 18.1 Å². The molecule has 4 atom stereocenters. The van der Waals surface area contributed by atoms with Crippen LogP contribution in [0.25, 0.3) is 0 Å². The molecule has 0 aromatic rings. The molecule has 112 valence electrons. The van der Waals surface area contributed by atoms with E-state index in [1.807, 2.05) is 0 Å². The highest BCUT2D eigenvalue weighted by Crippen LogP contribution is 2.49. The van der Waals surface area contributed by atoms with Gasteiger partial charge in [-0.3, -0.25) is 4.90 Å². The summed E-state index contributed by atoms with van der Waals surface area (Å²) in [6.45, 7) is 18.4. The van der Waals surface area contributed by atoms with Crippen LogP contribution < -0.4 is 0 Å². The first-order valence-corrected chi connectivity index (χ1v) is 8.50. The molecule has 0 aromatic heterocycles. The Bertz CT molecular complexity index is 299. The van der Waals surface area contributed by atoms with E-state index in [1.165, 1.54) is 25.8 Å². The summed E-state index contributed by atoms with van der Waals surface area (Å²) in [5.41, 5.74) is 0.336. The summed E-state index contributed by atoms with van der Waals surface area (Å²) in [5.74, 6) is 4.46. The molecule has 3 aliphatic rings. The van der Waals surface area contributed by atoms with Gasteiger partial charge < -0.3 is 0 Å². The zero-order chi connectivity index (χ0) is 14.4. The van der Waals surface area contributed by atoms with Gasteiger partial charge >= 0.3 is 0 Å². The van der Waals surface area contributed by atoms with Gasteiger partial charge in [-0.2, -0.15) is 0 Å². The number of hydrogen-bond donors (Lipinski definition) is 0. The third-order valence-corrected chi connectivity index (χ3v) is 5.74. The number of piperidine rings is 1. The third-order valence-electron chi connectivity index (χ3n) is 5.74. The highest BCUT2D eigenvalue weighted by atomic mass is 15.2. The van der Waals surface area contributed by atoms with Crippen LogP contribution >= 0.6 is 0 Å². The normalized spacial score (nSPS) is 37.1. The lowest BCUT2D eigenvalue weighted by molar-refractivity contribution is -0.0650. The van der Waals surface area contributed by atoms with Crippen molar-refractivity contribution in [2.75, 3.05) is 6.54 Å². The second-order valence-electron chi connectivity index (χ2n) is 8.72. The monoisotopic (exact) mass is 265 g/mol. The number of rotatable bonds is 2. The number of nitrogens with zero attached hydrogens (tertiary/aromatic N) is 1. The molecule has 0 radical (unpaired) electrons. The molecule has 1 nitrogen and oxygen atoms in total. The van der Waals surface area contributed by atoms with Crippen LogP contribution in [0.5, 0.6) is 0 Å². The molecule has 2 heterocycles. The van der Waals surface area contributed by atoms with Crippen LogP contribution in [0.3, 0.4) is 0 Å². The van der Waals surface area contributed by atoms with Crippen LogP contribution in [0.15, 0.2) is 0 Å². The zero-order valence-electron chi connectivity index (χ0n) is 14.2. The van der Waals surface area contributed by atoms with E-state index in [9.17, 15) is 0 Å². The van der Waals surface area contributed by atoms with Crippen LogP contribution in [-0.2, 0) is 0 Å². The highest BCUT2D eigenvalue weighted by Gasteiger charge is 2.49. The summed E-state index contributed by atoms with van der Waals surface area (Å²) >= 11 is 0. The molecule has 2 saturated heterocycles. The van der Waals surface area contributed by atoms with Crippen LogP contribution in [0.2, 0.25) is 0 Å². The predicted molar refractivity (Wildman–Crippen MR) is 84.2 cm³/mol. The standard InChI is InChI=1S/C18H35N/c1-12(2)16-14-9-8-10-15(17(16)13(3)4)19(11-14)18(5,6)7/h12-17H,8-11H2,1-7H3. The second-order valence-corrected chi connectivity index (χ2v) is 8.72. The summed E-state index contributed by atoms with van der Waals surface area (Å²) < 4.78 is 0. The van der Waals surface area contributed by atoms with Crippen molar-refractivity contribution < 1.29 is 0 Å². The average Bonchev–Trinajstić information content (AvgIpc) is 2.57. The van der Waals surface area contributed by atoms with Gasteiger partial charge in [0.05, 0.1) is 0 Å². The molecule has 2 aliphatic heterocycles.